The van der Waals surface area contributed by atoms with Crippen LogP contribution in [0.5, 0.6) is 23.0 Å². The number of methoxy groups -OCH3 is 1. The van der Waals surface area contributed by atoms with Gasteiger partial charge in [-0.2, -0.15) is 4.72 Å². The van der Waals surface area contributed by atoms with Gasteiger partial charge in [-0.05, 0) is 42.0 Å². The van der Waals surface area contributed by atoms with E-state index in [9.17, 15) is 9.90 Å². The van der Waals surface area contributed by atoms with Crippen molar-refractivity contribution in [2.45, 2.75) is 17.9 Å². The first kappa shape index (κ1) is 22.2. The molecule has 30 heavy (non-hydrogen) atoms. The number of nitrogens with one attached hydrogen (secondary N) is 1. The minimum absolute atomic E-state index is 0.0383. The van der Waals surface area contributed by atoms with E-state index in [-0.39, 0.29) is 11.7 Å². The molecule has 2 aromatic rings. The molecule has 0 bridgehead atoms. The summed E-state index contributed by atoms with van der Waals surface area (Å²) in [6.45, 7) is 3.05. The monoisotopic (exact) mass is 440 g/mol. The Hall–Kier alpha value is -2.50. The van der Waals surface area contributed by atoms with E-state index >= 15 is 0 Å². The molecule has 4 N–H and O–H groups in total. The SMILES string of the molecule is COC[C@H](C)Oc1cc(Oc2ccc3c(c2)OCCNS3([OH2+])OC)cc(C(=O)O)c1. The second kappa shape index (κ2) is 9.54. The van der Waals surface area contributed by atoms with Gasteiger partial charge in [0.25, 0.3) is 0 Å². The fourth-order valence-corrected chi connectivity index (χ4v) is 4.42. The number of benzene rings is 2. The third-order valence-corrected chi connectivity index (χ3v) is 6.31. The Kier molecular flexibility index (Phi) is 7.06. The van der Waals surface area contributed by atoms with Crippen LogP contribution >= 0.6 is 10.8 Å². The van der Waals surface area contributed by atoms with Crippen molar-refractivity contribution in [3.05, 3.63) is 42.0 Å². The third-order valence-electron chi connectivity index (χ3n) is 4.24. The Bertz CT molecular complexity index is 908. The summed E-state index contributed by atoms with van der Waals surface area (Å²) in [4.78, 5) is 12.1. The maximum atomic E-state index is 11.5. The van der Waals surface area contributed by atoms with Gasteiger partial charge in [-0.25, -0.2) is 8.98 Å². The Balaban J connectivity index is 1.89. The minimum Gasteiger partial charge on any atom is -0.490 e. The van der Waals surface area contributed by atoms with Gasteiger partial charge in [0.1, 0.15) is 30.0 Å². The average molecular weight is 440 g/mol. The Morgan fingerprint density at radius 2 is 2.00 bits per heavy atom. The zero-order valence-corrected chi connectivity index (χ0v) is 17.8. The van der Waals surface area contributed by atoms with E-state index in [1.165, 1.54) is 19.2 Å². The Morgan fingerprint density at radius 1 is 1.23 bits per heavy atom. The highest BCUT2D eigenvalue weighted by Gasteiger charge is 2.30. The lowest BCUT2D eigenvalue weighted by molar-refractivity contribution is 0.0693. The molecule has 3 rings (SSSR count). The van der Waals surface area contributed by atoms with Crippen molar-refractivity contribution >= 4 is 16.7 Å². The summed E-state index contributed by atoms with van der Waals surface area (Å²) < 4.78 is 39.4. The van der Waals surface area contributed by atoms with Crippen LogP contribution in [0.3, 0.4) is 0 Å². The van der Waals surface area contributed by atoms with E-state index in [1.807, 2.05) is 6.92 Å². The lowest BCUT2D eigenvalue weighted by Crippen LogP contribution is -2.23. The van der Waals surface area contributed by atoms with E-state index in [1.54, 1.807) is 31.4 Å². The first-order chi connectivity index (χ1) is 14.3. The number of carboxylic acids is 1. The van der Waals surface area contributed by atoms with Crippen molar-refractivity contribution in [1.82, 2.24) is 4.72 Å². The molecule has 9 nitrogen and oxygen atoms in total. The summed E-state index contributed by atoms with van der Waals surface area (Å²) in [6.07, 6.45) is -0.262. The highest BCUT2D eigenvalue weighted by molar-refractivity contribution is 8.23. The molecule has 0 saturated heterocycles. The Morgan fingerprint density at radius 3 is 2.70 bits per heavy atom. The van der Waals surface area contributed by atoms with Gasteiger partial charge in [-0.15, -0.1) is 0 Å². The molecule has 1 unspecified atom stereocenters. The van der Waals surface area contributed by atoms with Crippen LogP contribution in [0.25, 0.3) is 0 Å². The van der Waals surface area contributed by atoms with Crippen LogP contribution in [-0.4, -0.2) is 55.7 Å². The fourth-order valence-electron chi connectivity index (χ4n) is 2.93. The molecule has 2 aromatic carbocycles. The van der Waals surface area contributed by atoms with Crippen molar-refractivity contribution in [2.24, 2.45) is 0 Å². The summed E-state index contributed by atoms with van der Waals surface area (Å²) in [5.41, 5.74) is 0.0383. The molecular weight excluding hydrogens is 414 g/mol. The second-order valence-corrected chi connectivity index (χ2v) is 8.73. The third kappa shape index (κ3) is 5.15. The Labute approximate surface area is 176 Å². The molecule has 10 heteroatoms. The lowest BCUT2D eigenvalue weighted by atomic mass is 10.2. The summed E-state index contributed by atoms with van der Waals surface area (Å²) in [5, 5.41) is 9.42. The molecular formula is C20H26NO8S+. The standard InChI is InChI=1S/C20H25NO8S/c1-13(12-25-2)28-16-8-14(20(22)23)9-17(10-16)29-15-4-5-19-18(11-15)27-7-6-21-30(19,24)26-3/h4-5,8-11,13,21,24H,6-7,12H2,1-3H3,(H,22,23)/p+1/t13-/m0/s1. The molecule has 0 aromatic heterocycles. The molecule has 0 fully saturated rings. The summed E-state index contributed by atoms with van der Waals surface area (Å²) >= 11 is 0. The summed E-state index contributed by atoms with van der Waals surface area (Å²) in [7, 11) is 0.652. The van der Waals surface area contributed by atoms with Crippen LogP contribution in [0.4, 0.5) is 0 Å². The zero-order valence-electron chi connectivity index (χ0n) is 17.0. The molecule has 0 saturated carbocycles. The normalized spacial score (nSPS) is 21.3. The van der Waals surface area contributed by atoms with Crippen molar-refractivity contribution in [3.8, 4) is 23.0 Å². The van der Waals surface area contributed by atoms with Gasteiger partial charge in [0.2, 0.25) is 0 Å². The van der Waals surface area contributed by atoms with Crippen molar-refractivity contribution in [1.29, 1.82) is 0 Å². The smallest absolute Gasteiger partial charge is 0.335 e. The maximum absolute atomic E-state index is 11.5. The molecule has 1 aliphatic rings. The molecule has 164 valence electrons. The van der Waals surface area contributed by atoms with E-state index < -0.39 is 16.7 Å². The van der Waals surface area contributed by atoms with Gasteiger partial charge in [-0.1, -0.05) is 0 Å². The van der Waals surface area contributed by atoms with E-state index in [0.29, 0.717) is 47.7 Å². The minimum atomic E-state index is -2.40. The number of carboxylic acid groups (broad SMARTS) is 1. The second-order valence-electron chi connectivity index (χ2n) is 6.56. The highest BCUT2D eigenvalue weighted by atomic mass is 32.3. The van der Waals surface area contributed by atoms with Crippen LogP contribution < -0.4 is 18.9 Å². The first-order valence-electron chi connectivity index (χ1n) is 9.21. The first-order valence-corrected chi connectivity index (χ1v) is 10.8. The highest BCUT2D eigenvalue weighted by Crippen LogP contribution is 2.54. The van der Waals surface area contributed by atoms with Gasteiger partial charge < -0.3 is 28.6 Å². The predicted octanol–water partition coefficient (Wildman–Crippen LogP) is 2.85. The van der Waals surface area contributed by atoms with Crippen molar-refractivity contribution < 1.29 is 37.6 Å². The average Bonchev–Trinajstić information content (AvgIpc) is 2.87. The zero-order chi connectivity index (χ0) is 21.7. The van der Waals surface area contributed by atoms with Gasteiger partial charge in [-0.3, -0.25) is 0 Å². The molecule has 0 spiro atoms. The van der Waals surface area contributed by atoms with Crippen LogP contribution in [-0.2, 0) is 8.92 Å². The van der Waals surface area contributed by atoms with Gasteiger partial charge in [0, 0.05) is 19.2 Å². The van der Waals surface area contributed by atoms with Gasteiger partial charge >= 0.3 is 5.97 Å². The van der Waals surface area contributed by atoms with Gasteiger partial charge in [0.05, 0.1) is 25.8 Å². The van der Waals surface area contributed by atoms with Crippen LogP contribution in [0.15, 0.2) is 41.3 Å². The number of hydrogen-bond acceptors (Lipinski definition) is 7. The number of aromatic carboxylic acids is 1. The van der Waals surface area contributed by atoms with Crippen molar-refractivity contribution in [3.63, 3.8) is 0 Å². The molecule has 1 aliphatic heterocycles. The van der Waals surface area contributed by atoms with Crippen LogP contribution in [0.2, 0.25) is 0 Å². The largest absolute Gasteiger partial charge is 0.490 e. The molecule has 1 heterocycles. The summed E-state index contributed by atoms with van der Waals surface area (Å²) in [6, 6.07) is 9.53. The molecule has 0 aliphatic carbocycles. The van der Waals surface area contributed by atoms with E-state index in [4.69, 9.17) is 27.7 Å². The topological polar surface area (TPSA) is 118 Å². The number of rotatable bonds is 8. The fraction of sp³-hybridized carbons (Fsp3) is 0.350. The number of hydrogen-bond donors (Lipinski definition) is 2. The quantitative estimate of drug-likeness (QED) is 0.602. The van der Waals surface area contributed by atoms with Crippen molar-refractivity contribution in [2.75, 3.05) is 34.0 Å². The summed E-state index contributed by atoms with van der Waals surface area (Å²) in [5.74, 6) is 0.496. The maximum Gasteiger partial charge on any atom is 0.335 e. The number of ether oxygens (including phenoxy) is 4. The van der Waals surface area contributed by atoms with E-state index in [2.05, 4.69) is 4.72 Å². The predicted molar refractivity (Wildman–Crippen MR) is 112 cm³/mol. The van der Waals surface area contributed by atoms with Gasteiger partial charge in [0.15, 0.2) is 10.6 Å². The van der Waals surface area contributed by atoms with Crippen LogP contribution in [0, 0.1) is 0 Å². The number of carbonyl (C=O) groups is 1. The lowest BCUT2D eigenvalue weighted by Gasteiger charge is -2.31. The molecule has 2 atom stereocenters. The van der Waals surface area contributed by atoms with Crippen LogP contribution in [0.1, 0.15) is 17.3 Å². The molecule has 0 radical (unpaired) electrons. The molecule has 0 amide bonds. The number of fused-ring (bicyclic) bond motifs is 1. The van der Waals surface area contributed by atoms with E-state index in [0.717, 1.165) is 0 Å².